The monoisotopic (exact) mass is 256 g/mol. The number of ether oxygens (including phenoxy) is 1. The van der Waals surface area contributed by atoms with Gasteiger partial charge in [0.2, 0.25) is 11.8 Å². The van der Waals surface area contributed by atoms with Crippen molar-refractivity contribution in [1.29, 1.82) is 0 Å². The van der Waals surface area contributed by atoms with Gasteiger partial charge in [-0.2, -0.15) is 0 Å². The van der Waals surface area contributed by atoms with E-state index in [4.69, 9.17) is 4.74 Å². The summed E-state index contributed by atoms with van der Waals surface area (Å²) in [6.07, 6.45) is 0. The Balaban J connectivity index is 2.79. The van der Waals surface area contributed by atoms with Crippen LogP contribution in [0.4, 0.5) is 0 Å². The standard InChI is InChI=1S/C13H24N2O3/c1-6-18-8-9(2)15-7-10(16)14-11(12(15)17)13(3,4)5/h9,11H,6-8H2,1-5H3,(H,14,16). The number of rotatable bonds is 4. The van der Waals surface area contributed by atoms with Crippen molar-refractivity contribution in [3.05, 3.63) is 0 Å². The van der Waals surface area contributed by atoms with Crippen molar-refractivity contribution in [3.8, 4) is 0 Å². The van der Waals surface area contributed by atoms with E-state index in [1.165, 1.54) is 0 Å². The summed E-state index contributed by atoms with van der Waals surface area (Å²) in [6.45, 7) is 10.9. The van der Waals surface area contributed by atoms with Crippen LogP contribution in [0.5, 0.6) is 0 Å². The number of nitrogens with one attached hydrogen (secondary N) is 1. The van der Waals surface area contributed by atoms with Crippen LogP contribution in [0.15, 0.2) is 0 Å². The molecule has 0 bridgehead atoms. The average molecular weight is 256 g/mol. The van der Waals surface area contributed by atoms with Gasteiger partial charge in [0.25, 0.3) is 0 Å². The molecule has 1 fully saturated rings. The van der Waals surface area contributed by atoms with Crippen LogP contribution in [-0.2, 0) is 14.3 Å². The van der Waals surface area contributed by atoms with Crippen LogP contribution in [0.25, 0.3) is 0 Å². The van der Waals surface area contributed by atoms with Crippen molar-refractivity contribution in [2.45, 2.75) is 46.7 Å². The minimum atomic E-state index is -0.456. The summed E-state index contributed by atoms with van der Waals surface area (Å²) in [5, 5.41) is 2.78. The van der Waals surface area contributed by atoms with Gasteiger partial charge in [-0.15, -0.1) is 0 Å². The Morgan fingerprint density at radius 3 is 2.56 bits per heavy atom. The SMILES string of the molecule is CCOCC(C)N1CC(=O)NC(C(C)(C)C)C1=O. The Bertz CT molecular complexity index is 323. The zero-order chi connectivity index (χ0) is 13.9. The van der Waals surface area contributed by atoms with Gasteiger partial charge in [-0.25, -0.2) is 0 Å². The van der Waals surface area contributed by atoms with E-state index in [1.54, 1.807) is 4.90 Å². The molecule has 1 aliphatic rings. The topological polar surface area (TPSA) is 58.6 Å². The van der Waals surface area contributed by atoms with Gasteiger partial charge in [-0.05, 0) is 19.3 Å². The molecule has 0 spiro atoms. The normalized spacial score (nSPS) is 22.9. The number of piperazine rings is 1. The molecular formula is C13H24N2O3. The molecular weight excluding hydrogens is 232 g/mol. The number of carbonyl (C=O) groups excluding carboxylic acids is 2. The Labute approximate surface area is 109 Å². The second-order valence-electron chi connectivity index (χ2n) is 5.84. The molecule has 0 radical (unpaired) electrons. The molecule has 0 aromatic carbocycles. The number of amides is 2. The third-order valence-corrected chi connectivity index (χ3v) is 3.11. The molecule has 1 rings (SSSR count). The van der Waals surface area contributed by atoms with E-state index in [0.717, 1.165) is 0 Å². The summed E-state index contributed by atoms with van der Waals surface area (Å²) < 4.78 is 5.33. The fraction of sp³-hybridized carbons (Fsp3) is 0.846. The van der Waals surface area contributed by atoms with E-state index in [9.17, 15) is 9.59 Å². The van der Waals surface area contributed by atoms with Gasteiger partial charge >= 0.3 is 0 Å². The van der Waals surface area contributed by atoms with Crippen molar-refractivity contribution in [2.24, 2.45) is 5.41 Å². The van der Waals surface area contributed by atoms with E-state index in [1.807, 2.05) is 34.6 Å². The number of hydrogen-bond donors (Lipinski definition) is 1. The summed E-state index contributed by atoms with van der Waals surface area (Å²) >= 11 is 0. The minimum absolute atomic E-state index is 0.0192. The summed E-state index contributed by atoms with van der Waals surface area (Å²) in [7, 11) is 0. The van der Waals surface area contributed by atoms with E-state index in [0.29, 0.717) is 13.2 Å². The molecule has 0 aromatic rings. The molecule has 2 amide bonds. The highest BCUT2D eigenvalue weighted by Crippen LogP contribution is 2.24. The molecule has 1 heterocycles. The van der Waals surface area contributed by atoms with E-state index >= 15 is 0 Å². The predicted molar refractivity (Wildman–Crippen MR) is 69.1 cm³/mol. The highest BCUT2D eigenvalue weighted by molar-refractivity contribution is 5.95. The minimum Gasteiger partial charge on any atom is -0.380 e. The number of hydrogen-bond acceptors (Lipinski definition) is 3. The van der Waals surface area contributed by atoms with Crippen molar-refractivity contribution in [2.75, 3.05) is 19.8 Å². The molecule has 2 unspecified atom stereocenters. The Morgan fingerprint density at radius 2 is 2.06 bits per heavy atom. The van der Waals surface area contributed by atoms with Crippen LogP contribution < -0.4 is 5.32 Å². The molecule has 1 N–H and O–H groups in total. The first-order valence-corrected chi connectivity index (χ1v) is 6.45. The third-order valence-electron chi connectivity index (χ3n) is 3.11. The fourth-order valence-corrected chi connectivity index (χ4v) is 2.01. The van der Waals surface area contributed by atoms with Crippen molar-refractivity contribution >= 4 is 11.8 Å². The second kappa shape index (κ2) is 5.69. The van der Waals surface area contributed by atoms with Crippen LogP contribution in [0, 0.1) is 5.41 Å². The molecule has 18 heavy (non-hydrogen) atoms. The Kier molecular flexibility index (Phi) is 4.73. The fourth-order valence-electron chi connectivity index (χ4n) is 2.01. The molecule has 0 aromatic heterocycles. The largest absolute Gasteiger partial charge is 0.380 e. The zero-order valence-corrected chi connectivity index (χ0v) is 11.9. The van der Waals surface area contributed by atoms with Crippen molar-refractivity contribution in [3.63, 3.8) is 0 Å². The lowest BCUT2D eigenvalue weighted by Crippen LogP contribution is -2.64. The Hall–Kier alpha value is -1.10. The van der Waals surface area contributed by atoms with Gasteiger partial charge in [0.1, 0.15) is 6.04 Å². The lowest BCUT2D eigenvalue weighted by atomic mass is 9.84. The predicted octanol–water partition coefficient (Wildman–Crippen LogP) is 0.784. The molecule has 5 nitrogen and oxygen atoms in total. The van der Waals surface area contributed by atoms with Gasteiger partial charge in [0.05, 0.1) is 19.2 Å². The van der Waals surface area contributed by atoms with Crippen LogP contribution in [-0.4, -0.2) is 48.6 Å². The summed E-state index contributed by atoms with van der Waals surface area (Å²) in [5.41, 5.74) is -0.281. The zero-order valence-electron chi connectivity index (χ0n) is 11.9. The van der Waals surface area contributed by atoms with Crippen LogP contribution >= 0.6 is 0 Å². The molecule has 0 aliphatic carbocycles. The second-order valence-corrected chi connectivity index (χ2v) is 5.84. The first-order valence-electron chi connectivity index (χ1n) is 6.45. The maximum Gasteiger partial charge on any atom is 0.246 e. The maximum atomic E-state index is 12.4. The van der Waals surface area contributed by atoms with Crippen molar-refractivity contribution < 1.29 is 14.3 Å². The molecule has 5 heteroatoms. The van der Waals surface area contributed by atoms with Gasteiger partial charge in [-0.3, -0.25) is 9.59 Å². The molecule has 1 aliphatic heterocycles. The third kappa shape index (κ3) is 3.45. The summed E-state index contributed by atoms with van der Waals surface area (Å²) in [5.74, 6) is -0.118. The summed E-state index contributed by atoms with van der Waals surface area (Å²) in [6, 6.07) is -0.531. The Morgan fingerprint density at radius 1 is 1.44 bits per heavy atom. The first kappa shape index (κ1) is 15.0. The average Bonchev–Trinajstić information content (AvgIpc) is 2.27. The lowest BCUT2D eigenvalue weighted by molar-refractivity contribution is -0.150. The highest BCUT2D eigenvalue weighted by atomic mass is 16.5. The van der Waals surface area contributed by atoms with Gasteiger partial charge < -0.3 is 15.0 Å². The molecule has 2 atom stereocenters. The molecule has 1 saturated heterocycles. The summed E-state index contributed by atoms with van der Waals surface area (Å²) in [4.78, 5) is 25.7. The van der Waals surface area contributed by atoms with Crippen LogP contribution in [0.1, 0.15) is 34.6 Å². The first-order chi connectivity index (χ1) is 8.27. The van der Waals surface area contributed by atoms with Crippen molar-refractivity contribution in [1.82, 2.24) is 10.2 Å². The van der Waals surface area contributed by atoms with Gasteiger partial charge in [-0.1, -0.05) is 20.8 Å². The quantitative estimate of drug-likeness (QED) is 0.809. The lowest BCUT2D eigenvalue weighted by Gasteiger charge is -2.41. The van der Waals surface area contributed by atoms with Gasteiger partial charge in [0.15, 0.2) is 0 Å². The number of nitrogens with zero attached hydrogens (tertiary/aromatic N) is 1. The van der Waals surface area contributed by atoms with Crippen LogP contribution in [0.3, 0.4) is 0 Å². The highest BCUT2D eigenvalue weighted by Gasteiger charge is 2.41. The maximum absolute atomic E-state index is 12.4. The smallest absolute Gasteiger partial charge is 0.246 e. The molecule has 104 valence electrons. The van der Waals surface area contributed by atoms with E-state index in [-0.39, 0.29) is 29.8 Å². The van der Waals surface area contributed by atoms with E-state index in [2.05, 4.69) is 5.32 Å². The number of carbonyl (C=O) groups is 2. The van der Waals surface area contributed by atoms with Crippen LogP contribution in [0.2, 0.25) is 0 Å². The van der Waals surface area contributed by atoms with E-state index < -0.39 is 6.04 Å². The van der Waals surface area contributed by atoms with Gasteiger partial charge in [0, 0.05) is 6.61 Å². The molecule has 0 saturated carbocycles.